The van der Waals surface area contributed by atoms with E-state index in [0.717, 1.165) is 73.9 Å². The molecule has 4 rings (SSSR count). The highest BCUT2D eigenvalue weighted by molar-refractivity contribution is 7.80. The van der Waals surface area contributed by atoms with Crippen LogP contribution in [0.2, 0.25) is 0 Å². The van der Waals surface area contributed by atoms with E-state index >= 15 is 0 Å². The van der Waals surface area contributed by atoms with Gasteiger partial charge in [-0.2, -0.15) is 4.98 Å². The van der Waals surface area contributed by atoms with Crippen LogP contribution in [-0.4, -0.2) is 70.3 Å². The van der Waals surface area contributed by atoms with E-state index in [-0.39, 0.29) is 5.56 Å². The Bertz CT molecular complexity index is 962. The summed E-state index contributed by atoms with van der Waals surface area (Å²) in [7, 11) is 0. The number of piperazine rings is 1. The second kappa shape index (κ2) is 9.62. The third-order valence-corrected chi connectivity index (χ3v) is 7.53. The first-order chi connectivity index (χ1) is 14.6. The van der Waals surface area contributed by atoms with E-state index in [4.69, 9.17) is 21.9 Å². The molecule has 30 heavy (non-hydrogen) atoms. The summed E-state index contributed by atoms with van der Waals surface area (Å²) in [5.41, 5.74) is 1.30. The van der Waals surface area contributed by atoms with E-state index in [1.54, 1.807) is 15.9 Å². The molecule has 0 unspecified atom stereocenters. The average molecular weight is 450 g/mol. The van der Waals surface area contributed by atoms with Crippen LogP contribution in [-0.2, 0) is 19.4 Å². The van der Waals surface area contributed by atoms with Crippen molar-refractivity contribution in [1.82, 2.24) is 24.7 Å². The first-order valence-corrected chi connectivity index (χ1v) is 12.3. The number of hydrogen-bond donors (Lipinski definition) is 1. The highest BCUT2D eigenvalue weighted by Gasteiger charge is 2.24. The maximum absolute atomic E-state index is 13.4. The predicted octanol–water partition coefficient (Wildman–Crippen LogP) is 2.25. The first-order valence-electron chi connectivity index (χ1n) is 11.0. The summed E-state index contributed by atoms with van der Waals surface area (Å²) >= 11 is 7.11. The van der Waals surface area contributed by atoms with Gasteiger partial charge in [0.2, 0.25) is 0 Å². The fraction of sp³-hybridized carbons (Fsp3) is 0.667. The molecule has 164 valence electrons. The summed E-state index contributed by atoms with van der Waals surface area (Å²) in [6.07, 6.45) is 4.42. The lowest BCUT2D eigenvalue weighted by atomic mass is 9.97. The topological polar surface area (TPSA) is 62.6 Å². The summed E-state index contributed by atoms with van der Waals surface area (Å²) in [5.74, 6) is 0. The van der Waals surface area contributed by atoms with Crippen molar-refractivity contribution >= 4 is 38.9 Å². The van der Waals surface area contributed by atoms with Gasteiger partial charge in [-0.3, -0.25) is 14.3 Å². The van der Waals surface area contributed by atoms with Gasteiger partial charge in [-0.25, -0.2) is 0 Å². The van der Waals surface area contributed by atoms with E-state index < -0.39 is 0 Å². The second-order valence-corrected chi connectivity index (χ2v) is 9.31. The molecule has 0 bridgehead atoms. The molecule has 0 aromatic carbocycles. The summed E-state index contributed by atoms with van der Waals surface area (Å²) < 4.78 is 7.53. The maximum atomic E-state index is 13.4. The molecule has 1 aliphatic heterocycles. The monoisotopic (exact) mass is 449 g/mol. The molecule has 9 heteroatoms. The normalized spacial score (nSPS) is 17.2. The molecule has 0 atom stereocenters. The van der Waals surface area contributed by atoms with Crippen molar-refractivity contribution in [2.75, 3.05) is 45.9 Å². The minimum absolute atomic E-state index is 0.0646. The zero-order valence-corrected chi connectivity index (χ0v) is 19.5. The predicted molar refractivity (Wildman–Crippen MR) is 126 cm³/mol. The summed E-state index contributed by atoms with van der Waals surface area (Å²) in [5, 5.41) is 4.90. The summed E-state index contributed by atoms with van der Waals surface area (Å²) in [4.78, 5) is 25.0. The van der Waals surface area contributed by atoms with Crippen LogP contribution in [0, 0.1) is 0 Å². The van der Waals surface area contributed by atoms with E-state index in [0.29, 0.717) is 19.2 Å². The number of nitrogens with zero attached hydrogens (tertiary/aromatic N) is 4. The van der Waals surface area contributed by atoms with Gasteiger partial charge < -0.3 is 15.0 Å². The minimum atomic E-state index is 0.0646. The highest BCUT2D eigenvalue weighted by atomic mass is 32.1. The number of hydrogen-bond acceptors (Lipinski definition) is 6. The number of thiophene rings is 1. The molecule has 0 spiro atoms. The molecule has 7 nitrogen and oxygen atoms in total. The van der Waals surface area contributed by atoms with Crippen molar-refractivity contribution in [1.29, 1.82) is 0 Å². The van der Waals surface area contributed by atoms with Crippen LogP contribution < -0.4 is 15.6 Å². The van der Waals surface area contributed by atoms with Gasteiger partial charge in [0.05, 0.1) is 12.0 Å². The third-order valence-electron chi connectivity index (χ3n) is 5.94. The smallest absolute Gasteiger partial charge is 0.300 e. The Hall–Kier alpha value is -1.71. The fourth-order valence-corrected chi connectivity index (χ4v) is 5.91. The first kappa shape index (κ1) is 21.5. The molecule has 2 aromatic heterocycles. The lowest BCUT2D eigenvalue weighted by molar-refractivity contribution is 0.172. The van der Waals surface area contributed by atoms with Gasteiger partial charge in [-0.05, 0) is 57.3 Å². The Labute approximate surface area is 187 Å². The van der Waals surface area contributed by atoms with Crippen LogP contribution in [0.1, 0.15) is 37.1 Å². The van der Waals surface area contributed by atoms with Gasteiger partial charge >= 0.3 is 6.01 Å². The van der Waals surface area contributed by atoms with Crippen molar-refractivity contribution in [3.8, 4) is 6.01 Å². The molecule has 1 N–H and O–H groups in total. The van der Waals surface area contributed by atoms with Crippen LogP contribution >= 0.6 is 23.6 Å². The molecular weight excluding hydrogens is 418 g/mol. The zero-order valence-electron chi connectivity index (χ0n) is 17.9. The summed E-state index contributed by atoms with van der Waals surface area (Å²) in [6, 6.07) is 0.459. The Morgan fingerprint density at radius 2 is 1.93 bits per heavy atom. The lowest BCUT2D eigenvalue weighted by Gasteiger charge is -2.36. The van der Waals surface area contributed by atoms with Gasteiger partial charge in [0, 0.05) is 50.7 Å². The van der Waals surface area contributed by atoms with E-state index in [1.807, 2.05) is 6.92 Å². The van der Waals surface area contributed by atoms with Crippen LogP contribution in [0.15, 0.2) is 4.79 Å². The standard InChI is InChI=1S/C21H31N5O2S2/c1-3-22-21(29)25-12-9-24(10-13-25)11-14-26-19(27)17-15-7-5-6-8-16(15)30-18(17)23-20(26)28-4-2/h3-14H2,1-2H3,(H,22,29). The third kappa shape index (κ3) is 4.33. The Kier molecular flexibility index (Phi) is 6.90. The number of aryl methyl sites for hydroxylation is 2. The van der Waals surface area contributed by atoms with Crippen LogP contribution in [0.25, 0.3) is 10.2 Å². The molecular formula is C21H31N5O2S2. The molecule has 0 amide bonds. The molecule has 1 saturated heterocycles. The molecule has 0 radical (unpaired) electrons. The van der Waals surface area contributed by atoms with E-state index in [9.17, 15) is 4.79 Å². The number of thiocarbonyl (C=S) groups is 1. The molecule has 2 aliphatic rings. The van der Waals surface area contributed by atoms with Gasteiger partial charge in [0.15, 0.2) is 5.11 Å². The fourth-order valence-electron chi connectivity index (χ4n) is 4.34. The van der Waals surface area contributed by atoms with Crippen molar-refractivity contribution in [3.05, 3.63) is 20.8 Å². The number of nitrogens with one attached hydrogen (secondary N) is 1. The van der Waals surface area contributed by atoms with Gasteiger partial charge in [0.25, 0.3) is 5.56 Å². The van der Waals surface area contributed by atoms with Gasteiger partial charge in [-0.15, -0.1) is 11.3 Å². The lowest BCUT2D eigenvalue weighted by Crippen LogP contribution is -2.52. The number of ether oxygens (including phenoxy) is 1. The van der Waals surface area contributed by atoms with Gasteiger partial charge in [0.1, 0.15) is 4.83 Å². The zero-order chi connectivity index (χ0) is 21.1. The number of fused-ring (bicyclic) bond motifs is 3. The quantitative estimate of drug-likeness (QED) is 0.679. The van der Waals surface area contributed by atoms with Crippen LogP contribution in [0.4, 0.5) is 0 Å². The molecule has 1 aliphatic carbocycles. The van der Waals surface area contributed by atoms with Crippen molar-refractivity contribution in [2.45, 2.75) is 46.1 Å². The molecule has 1 fully saturated rings. The molecule has 2 aromatic rings. The highest BCUT2D eigenvalue weighted by Crippen LogP contribution is 2.34. The second-order valence-electron chi connectivity index (χ2n) is 7.84. The SMILES string of the molecule is CCNC(=S)N1CCN(CCn2c(OCC)nc3sc4c(c3c2=O)CCCC4)CC1. The molecule has 0 saturated carbocycles. The largest absolute Gasteiger partial charge is 0.465 e. The van der Waals surface area contributed by atoms with Crippen molar-refractivity contribution < 1.29 is 4.74 Å². The maximum Gasteiger partial charge on any atom is 0.300 e. The average Bonchev–Trinajstić information content (AvgIpc) is 3.13. The Morgan fingerprint density at radius 1 is 1.17 bits per heavy atom. The number of aromatic nitrogens is 2. The van der Waals surface area contributed by atoms with Crippen LogP contribution in [0.5, 0.6) is 6.01 Å². The van der Waals surface area contributed by atoms with Crippen molar-refractivity contribution in [2.24, 2.45) is 0 Å². The van der Waals surface area contributed by atoms with Gasteiger partial charge in [-0.1, -0.05) is 0 Å². The van der Waals surface area contributed by atoms with E-state index in [1.165, 1.54) is 16.9 Å². The molecule has 3 heterocycles. The Morgan fingerprint density at radius 3 is 2.67 bits per heavy atom. The Balaban J connectivity index is 1.51. The summed E-state index contributed by atoms with van der Waals surface area (Å²) in [6.45, 7) is 10.5. The van der Waals surface area contributed by atoms with E-state index in [2.05, 4.69) is 22.0 Å². The van der Waals surface area contributed by atoms with Crippen molar-refractivity contribution in [3.63, 3.8) is 0 Å². The van der Waals surface area contributed by atoms with Crippen LogP contribution in [0.3, 0.4) is 0 Å². The minimum Gasteiger partial charge on any atom is -0.465 e. The number of rotatable bonds is 6.